The maximum Gasteiger partial charge on any atom is 0.416 e. The van der Waals surface area contributed by atoms with Crippen molar-refractivity contribution >= 4 is 5.57 Å². The Kier molecular flexibility index (Phi) is 3.65. The third-order valence-corrected chi connectivity index (χ3v) is 3.67. The normalized spacial score (nSPS) is 13.5. The van der Waals surface area contributed by atoms with Crippen LogP contribution < -0.4 is 0 Å². The van der Waals surface area contributed by atoms with Crippen LogP contribution in [0.5, 0.6) is 0 Å². The Morgan fingerprint density at radius 1 is 1.04 bits per heavy atom. The maximum atomic E-state index is 13.5. The van der Waals surface area contributed by atoms with E-state index in [9.17, 15) is 18.4 Å². The van der Waals surface area contributed by atoms with Gasteiger partial charge in [0, 0.05) is 11.1 Å². The zero-order chi connectivity index (χ0) is 19.1. The first-order valence-electron chi connectivity index (χ1n) is 6.82. The van der Waals surface area contributed by atoms with Crippen molar-refractivity contribution in [3.8, 4) is 29.5 Å². The predicted octanol–water partition coefficient (Wildman–Crippen LogP) is 3.42. The molecule has 1 aliphatic carbocycles. The summed E-state index contributed by atoms with van der Waals surface area (Å²) < 4.78 is 40.4. The van der Waals surface area contributed by atoms with Gasteiger partial charge < -0.3 is 0 Å². The highest BCUT2D eigenvalue weighted by molar-refractivity contribution is 6.02. The molecule has 0 fully saturated rings. The molecule has 122 valence electrons. The minimum absolute atomic E-state index is 0.00489. The molecule has 0 saturated heterocycles. The first-order valence-corrected chi connectivity index (χ1v) is 6.82. The summed E-state index contributed by atoms with van der Waals surface area (Å²) in [5.41, 5.74) is -3.43. The molecule has 2 aromatic rings. The summed E-state index contributed by atoms with van der Waals surface area (Å²) in [7, 11) is 0. The smallest absolute Gasteiger partial charge is 0.233 e. The average Bonchev–Trinajstić information content (AvgIpc) is 2.94. The summed E-state index contributed by atoms with van der Waals surface area (Å²) in [6.07, 6.45) is -4.75. The number of hydrogen-bond donors (Lipinski definition) is 0. The van der Waals surface area contributed by atoms with E-state index in [1.54, 1.807) is 18.2 Å². The topological polar surface area (TPSA) is 102 Å². The van der Waals surface area contributed by atoms with Gasteiger partial charge in [-0.3, -0.25) is 0 Å². The van der Waals surface area contributed by atoms with Crippen LogP contribution in [0.25, 0.3) is 21.7 Å². The quantitative estimate of drug-likeness (QED) is 0.457. The number of fused-ring (bicyclic) bond motifs is 3. The van der Waals surface area contributed by atoms with Gasteiger partial charge in [0.2, 0.25) is 0 Å². The fourth-order valence-electron chi connectivity index (χ4n) is 2.69. The van der Waals surface area contributed by atoms with Gasteiger partial charge in [-0.1, -0.05) is 12.1 Å². The van der Waals surface area contributed by atoms with Gasteiger partial charge in [-0.15, -0.1) is 0 Å². The lowest BCUT2D eigenvalue weighted by atomic mass is 9.97. The van der Waals surface area contributed by atoms with Gasteiger partial charge in [0.05, 0.1) is 29.6 Å². The van der Waals surface area contributed by atoms with Gasteiger partial charge in [-0.05, 0) is 11.6 Å². The Morgan fingerprint density at radius 3 is 2.15 bits per heavy atom. The lowest BCUT2D eigenvalue weighted by Crippen LogP contribution is -2.09. The van der Waals surface area contributed by atoms with Gasteiger partial charge in [0.1, 0.15) is 12.1 Å². The standard InChI is InChI=1S/C17H3F3N6/c1-24-12(7-23)14-13-8(3-2-4-9(13)17(18,19)20)15-16(14)26-11(6-22)10(5-21)25-15/h2-4H/b14-12+. The molecule has 9 heteroatoms. The van der Waals surface area contributed by atoms with Crippen LogP contribution in [0.3, 0.4) is 0 Å². The van der Waals surface area contributed by atoms with Gasteiger partial charge in [-0.25, -0.2) is 20.1 Å². The minimum Gasteiger partial charge on any atom is -0.233 e. The van der Waals surface area contributed by atoms with Crippen LogP contribution in [-0.2, 0) is 6.18 Å². The molecule has 0 saturated carbocycles. The van der Waals surface area contributed by atoms with Crippen LogP contribution in [0.15, 0.2) is 23.9 Å². The summed E-state index contributed by atoms with van der Waals surface area (Å²) in [5, 5.41) is 27.4. The van der Waals surface area contributed by atoms with Crippen molar-refractivity contribution < 1.29 is 13.2 Å². The number of nitrogens with zero attached hydrogens (tertiary/aromatic N) is 6. The minimum atomic E-state index is -4.75. The summed E-state index contributed by atoms with van der Waals surface area (Å²) >= 11 is 0. The second kappa shape index (κ2) is 5.70. The Hall–Kier alpha value is -4.21. The monoisotopic (exact) mass is 348 g/mol. The van der Waals surface area contributed by atoms with E-state index < -0.39 is 28.7 Å². The molecule has 0 aliphatic heterocycles. The number of hydrogen-bond acceptors (Lipinski definition) is 5. The van der Waals surface area contributed by atoms with E-state index in [2.05, 4.69) is 14.8 Å². The molecule has 1 aromatic carbocycles. The van der Waals surface area contributed by atoms with E-state index in [0.717, 1.165) is 12.1 Å². The molecule has 0 N–H and O–H groups in total. The van der Waals surface area contributed by atoms with Crippen LogP contribution in [0.2, 0.25) is 0 Å². The van der Waals surface area contributed by atoms with E-state index in [1.807, 2.05) is 0 Å². The average molecular weight is 348 g/mol. The molecule has 0 amide bonds. The van der Waals surface area contributed by atoms with Gasteiger partial charge in [-0.2, -0.15) is 23.7 Å². The van der Waals surface area contributed by atoms with Crippen molar-refractivity contribution in [2.45, 2.75) is 6.18 Å². The zero-order valence-corrected chi connectivity index (χ0v) is 12.5. The fourth-order valence-corrected chi connectivity index (χ4v) is 2.69. The van der Waals surface area contributed by atoms with Crippen molar-refractivity contribution in [1.82, 2.24) is 9.97 Å². The Morgan fingerprint density at radius 2 is 1.65 bits per heavy atom. The molecule has 1 heterocycles. The van der Waals surface area contributed by atoms with E-state index in [0.29, 0.717) is 0 Å². The van der Waals surface area contributed by atoms with Crippen LogP contribution in [-0.4, -0.2) is 9.97 Å². The Labute approximate surface area is 144 Å². The first kappa shape index (κ1) is 16.6. The highest BCUT2D eigenvalue weighted by atomic mass is 19.4. The fraction of sp³-hybridized carbons (Fsp3) is 0.0588. The summed E-state index contributed by atoms with van der Waals surface area (Å²) in [6, 6.07) is 8.18. The largest absolute Gasteiger partial charge is 0.416 e. The number of halogens is 3. The van der Waals surface area contributed by atoms with Crippen LogP contribution in [0.4, 0.5) is 13.2 Å². The molecule has 1 aliphatic rings. The Bertz CT molecular complexity index is 1150. The number of alkyl halides is 3. The van der Waals surface area contributed by atoms with Crippen molar-refractivity contribution in [3.63, 3.8) is 0 Å². The maximum absolute atomic E-state index is 13.5. The van der Waals surface area contributed by atoms with Gasteiger partial charge in [0.15, 0.2) is 11.4 Å². The number of rotatable bonds is 0. The van der Waals surface area contributed by atoms with Crippen LogP contribution >= 0.6 is 0 Å². The number of allylic oxidation sites excluding steroid dienone is 1. The number of benzene rings is 1. The molecule has 0 atom stereocenters. The van der Waals surface area contributed by atoms with E-state index in [4.69, 9.17) is 17.1 Å². The summed E-state index contributed by atoms with van der Waals surface area (Å²) in [4.78, 5) is 10.9. The number of aromatic nitrogens is 2. The van der Waals surface area contributed by atoms with Gasteiger partial charge >= 0.3 is 6.18 Å². The molecule has 3 rings (SSSR count). The molecule has 0 radical (unpaired) electrons. The third-order valence-electron chi connectivity index (χ3n) is 3.67. The highest BCUT2D eigenvalue weighted by Gasteiger charge is 2.41. The number of nitriles is 3. The Balaban J connectivity index is 2.55. The van der Waals surface area contributed by atoms with E-state index in [-0.39, 0.29) is 28.2 Å². The zero-order valence-electron chi connectivity index (χ0n) is 12.5. The molecule has 0 spiro atoms. The molecule has 6 nitrogen and oxygen atoms in total. The molecule has 26 heavy (non-hydrogen) atoms. The SMILES string of the molecule is [C-]#[N+]/C(C#N)=C1/c2nc(C#N)c(C#N)nc2-c2cccc(C(F)(F)F)c21. The van der Waals surface area contributed by atoms with Crippen LogP contribution in [0, 0.1) is 40.6 Å². The van der Waals surface area contributed by atoms with Crippen LogP contribution in [0.1, 0.15) is 28.2 Å². The summed E-state index contributed by atoms with van der Waals surface area (Å²) in [5.74, 6) is 0. The molecule has 0 bridgehead atoms. The van der Waals surface area contributed by atoms with Crippen molar-refractivity contribution in [3.05, 3.63) is 63.5 Å². The van der Waals surface area contributed by atoms with Crippen molar-refractivity contribution in [2.75, 3.05) is 0 Å². The second-order valence-corrected chi connectivity index (χ2v) is 5.01. The van der Waals surface area contributed by atoms with Gasteiger partial charge in [0.25, 0.3) is 5.70 Å². The highest BCUT2D eigenvalue weighted by Crippen LogP contribution is 2.49. The second-order valence-electron chi connectivity index (χ2n) is 5.01. The van der Waals surface area contributed by atoms with E-state index >= 15 is 0 Å². The molecule has 1 aromatic heterocycles. The molecular formula is C17H3F3N6. The predicted molar refractivity (Wildman–Crippen MR) is 80.1 cm³/mol. The van der Waals surface area contributed by atoms with E-state index in [1.165, 1.54) is 6.07 Å². The summed E-state index contributed by atoms with van der Waals surface area (Å²) in [6.45, 7) is 7.11. The molecule has 0 unspecified atom stereocenters. The van der Waals surface area contributed by atoms with Crippen molar-refractivity contribution in [1.29, 1.82) is 15.8 Å². The lowest BCUT2D eigenvalue weighted by Gasteiger charge is -2.13. The molecular weight excluding hydrogens is 345 g/mol. The van der Waals surface area contributed by atoms with Crippen molar-refractivity contribution in [2.24, 2.45) is 0 Å². The first-order chi connectivity index (χ1) is 12.4. The lowest BCUT2D eigenvalue weighted by molar-refractivity contribution is -0.137. The third kappa shape index (κ3) is 2.24.